The summed E-state index contributed by atoms with van der Waals surface area (Å²) in [5, 5.41) is 8.73. The van der Waals surface area contributed by atoms with Crippen LogP contribution in [-0.2, 0) is 0 Å². The first-order valence-corrected chi connectivity index (χ1v) is 3.72. The molecule has 0 aromatic carbocycles. The molecule has 1 aromatic rings. The number of oxazole rings is 1. The molecule has 3 N–H and O–H groups in total. The van der Waals surface area contributed by atoms with E-state index in [0.717, 1.165) is 0 Å². The van der Waals surface area contributed by atoms with Crippen molar-refractivity contribution in [1.82, 2.24) is 9.82 Å². The van der Waals surface area contributed by atoms with Crippen LogP contribution in [0.1, 0.15) is 11.8 Å². The number of nitrogens with one attached hydrogen (secondary N) is 2. The highest BCUT2D eigenvalue weighted by Gasteiger charge is 2.11. The van der Waals surface area contributed by atoms with Gasteiger partial charge in [0.1, 0.15) is 11.8 Å². The standard InChI is InChI=1S/C5H7ClN2O2S/c6-8-3(2-9)4-1-7-5(11)10-4/h1,3,8-9H,2H2,(H,7,11). The minimum absolute atomic E-state index is 0.139. The molecule has 1 heterocycles. The Morgan fingerprint density at radius 3 is 3.00 bits per heavy atom. The number of aliphatic hydroxyl groups is 1. The van der Waals surface area contributed by atoms with Crippen molar-refractivity contribution in [3.8, 4) is 0 Å². The highest BCUT2D eigenvalue weighted by molar-refractivity contribution is 7.71. The molecule has 4 nitrogen and oxygen atoms in total. The van der Waals surface area contributed by atoms with Gasteiger partial charge in [0.25, 0.3) is 4.84 Å². The number of rotatable bonds is 3. The molecule has 0 saturated carbocycles. The van der Waals surface area contributed by atoms with Crippen LogP contribution < -0.4 is 4.84 Å². The molecule has 0 spiro atoms. The van der Waals surface area contributed by atoms with E-state index in [2.05, 4.69) is 22.0 Å². The van der Waals surface area contributed by atoms with E-state index in [1.165, 1.54) is 0 Å². The van der Waals surface area contributed by atoms with Crippen LogP contribution in [-0.4, -0.2) is 16.7 Å². The summed E-state index contributed by atoms with van der Waals surface area (Å²) in [7, 11) is 0. The Hall–Kier alpha value is -0.360. The number of aromatic amines is 1. The molecule has 1 unspecified atom stereocenters. The molecule has 0 aliphatic heterocycles. The maximum Gasteiger partial charge on any atom is 0.266 e. The van der Waals surface area contributed by atoms with Gasteiger partial charge in [0, 0.05) is 6.20 Å². The molecular formula is C5H7ClN2O2S. The average molecular weight is 195 g/mol. The third-order valence-electron chi connectivity index (χ3n) is 1.20. The molecule has 1 atom stereocenters. The van der Waals surface area contributed by atoms with Crippen LogP contribution in [0.2, 0.25) is 0 Å². The molecule has 0 fully saturated rings. The lowest BCUT2D eigenvalue weighted by Gasteiger charge is -2.05. The summed E-state index contributed by atoms with van der Waals surface area (Å²) in [5.41, 5.74) is 0. The first-order chi connectivity index (χ1) is 5.27. The first-order valence-electron chi connectivity index (χ1n) is 2.93. The van der Waals surface area contributed by atoms with E-state index in [1.807, 2.05) is 0 Å². The lowest BCUT2D eigenvalue weighted by atomic mass is 10.3. The van der Waals surface area contributed by atoms with Crippen LogP contribution in [0.15, 0.2) is 10.6 Å². The van der Waals surface area contributed by atoms with Crippen LogP contribution in [0.3, 0.4) is 0 Å². The average Bonchev–Trinajstić information content (AvgIpc) is 2.39. The van der Waals surface area contributed by atoms with Crippen LogP contribution in [0.4, 0.5) is 0 Å². The summed E-state index contributed by atoms with van der Waals surface area (Å²) >= 11 is 9.97. The Balaban J connectivity index is 2.81. The van der Waals surface area contributed by atoms with E-state index < -0.39 is 6.04 Å². The maximum atomic E-state index is 8.73. The second-order valence-electron chi connectivity index (χ2n) is 1.92. The van der Waals surface area contributed by atoms with E-state index in [0.29, 0.717) is 5.76 Å². The fourth-order valence-electron chi connectivity index (χ4n) is 0.646. The zero-order chi connectivity index (χ0) is 8.27. The second kappa shape index (κ2) is 3.87. The monoisotopic (exact) mass is 194 g/mol. The number of hydrogen-bond acceptors (Lipinski definition) is 4. The van der Waals surface area contributed by atoms with Gasteiger partial charge in [-0.3, -0.25) is 0 Å². The zero-order valence-electron chi connectivity index (χ0n) is 5.50. The Kier molecular flexibility index (Phi) is 3.07. The Morgan fingerprint density at radius 2 is 2.64 bits per heavy atom. The lowest BCUT2D eigenvalue weighted by Crippen LogP contribution is -2.14. The van der Waals surface area contributed by atoms with E-state index >= 15 is 0 Å². The van der Waals surface area contributed by atoms with Crippen molar-refractivity contribution in [3.63, 3.8) is 0 Å². The summed E-state index contributed by atoms with van der Waals surface area (Å²) in [4.78, 5) is 5.27. The van der Waals surface area contributed by atoms with Crippen LogP contribution in [0.25, 0.3) is 0 Å². The van der Waals surface area contributed by atoms with Crippen molar-refractivity contribution in [3.05, 3.63) is 16.8 Å². The molecule has 0 aliphatic carbocycles. The summed E-state index contributed by atoms with van der Waals surface area (Å²) in [6.07, 6.45) is 1.55. The molecule has 0 amide bonds. The molecule has 1 aromatic heterocycles. The number of aromatic nitrogens is 1. The van der Waals surface area contributed by atoms with Gasteiger partial charge >= 0.3 is 0 Å². The number of hydrogen-bond donors (Lipinski definition) is 3. The van der Waals surface area contributed by atoms with Gasteiger partial charge in [0.2, 0.25) is 0 Å². The molecule has 0 saturated heterocycles. The van der Waals surface area contributed by atoms with Crippen LogP contribution >= 0.6 is 24.0 Å². The van der Waals surface area contributed by atoms with Crippen molar-refractivity contribution in [2.24, 2.45) is 0 Å². The minimum Gasteiger partial charge on any atom is -0.433 e. The van der Waals surface area contributed by atoms with Gasteiger partial charge in [-0.2, -0.15) is 0 Å². The molecule has 0 radical (unpaired) electrons. The summed E-state index contributed by atoms with van der Waals surface area (Å²) in [6, 6.07) is -0.412. The van der Waals surface area contributed by atoms with Gasteiger partial charge in [-0.1, -0.05) is 0 Å². The predicted molar refractivity (Wildman–Crippen MR) is 42.7 cm³/mol. The van der Waals surface area contributed by atoms with E-state index in [9.17, 15) is 0 Å². The predicted octanol–water partition coefficient (Wildman–Crippen LogP) is 1.11. The topological polar surface area (TPSA) is 61.2 Å². The van der Waals surface area contributed by atoms with E-state index in [1.54, 1.807) is 6.20 Å². The Morgan fingerprint density at radius 1 is 1.91 bits per heavy atom. The maximum absolute atomic E-state index is 8.73. The van der Waals surface area contributed by atoms with E-state index in [-0.39, 0.29) is 11.4 Å². The highest BCUT2D eigenvalue weighted by Crippen LogP contribution is 2.11. The number of aliphatic hydroxyl groups excluding tert-OH is 1. The van der Waals surface area contributed by atoms with Crippen molar-refractivity contribution in [2.45, 2.75) is 6.04 Å². The molecule has 1 rings (SSSR count). The number of H-pyrrole nitrogens is 1. The molecule has 0 bridgehead atoms. The van der Waals surface area contributed by atoms with Gasteiger partial charge in [-0.05, 0) is 24.0 Å². The summed E-state index contributed by atoms with van der Waals surface area (Å²) < 4.78 is 4.98. The van der Waals surface area contributed by atoms with Crippen molar-refractivity contribution >= 4 is 24.0 Å². The summed E-state index contributed by atoms with van der Waals surface area (Å²) in [5.74, 6) is 0.493. The fourth-order valence-corrected chi connectivity index (χ4v) is 0.978. The van der Waals surface area contributed by atoms with E-state index in [4.69, 9.17) is 21.3 Å². The van der Waals surface area contributed by atoms with Crippen molar-refractivity contribution < 1.29 is 9.52 Å². The third kappa shape index (κ3) is 2.03. The molecule has 62 valence electrons. The summed E-state index contributed by atoms with van der Waals surface area (Å²) in [6.45, 7) is -0.139. The van der Waals surface area contributed by atoms with Gasteiger partial charge < -0.3 is 14.5 Å². The second-order valence-corrected chi connectivity index (χ2v) is 2.51. The van der Waals surface area contributed by atoms with Crippen LogP contribution in [0, 0.1) is 4.84 Å². The van der Waals surface area contributed by atoms with Crippen LogP contribution in [0.5, 0.6) is 0 Å². The molecule has 11 heavy (non-hydrogen) atoms. The molecule has 0 aliphatic rings. The van der Waals surface area contributed by atoms with Crippen molar-refractivity contribution in [1.29, 1.82) is 0 Å². The first kappa shape index (κ1) is 8.73. The zero-order valence-corrected chi connectivity index (χ0v) is 7.08. The highest BCUT2D eigenvalue weighted by atomic mass is 35.5. The molecule has 6 heteroatoms. The largest absolute Gasteiger partial charge is 0.433 e. The smallest absolute Gasteiger partial charge is 0.266 e. The van der Waals surface area contributed by atoms with Gasteiger partial charge in [-0.15, -0.1) is 0 Å². The van der Waals surface area contributed by atoms with Gasteiger partial charge in [0.05, 0.1) is 6.61 Å². The van der Waals surface area contributed by atoms with Gasteiger partial charge in [0.15, 0.2) is 0 Å². The van der Waals surface area contributed by atoms with Crippen molar-refractivity contribution in [2.75, 3.05) is 6.61 Å². The third-order valence-corrected chi connectivity index (χ3v) is 1.67. The van der Waals surface area contributed by atoms with Gasteiger partial charge in [-0.25, -0.2) is 4.84 Å². The SMILES string of the molecule is OCC(NCl)c1c[nH]c(=S)o1. The number of halogens is 1. The normalized spacial score (nSPS) is 13.3. The minimum atomic E-state index is -0.412. The Labute approximate surface area is 73.3 Å². The Bertz CT molecular complexity index is 267. The quantitative estimate of drug-likeness (QED) is 0.499. The lowest BCUT2D eigenvalue weighted by molar-refractivity contribution is 0.242. The fraction of sp³-hybridized carbons (Fsp3) is 0.400. The molecular weight excluding hydrogens is 188 g/mol.